The second-order valence-corrected chi connectivity index (χ2v) is 11.2. The SMILES string of the molecule is CC1(C)C(N)=N[C@](C)(c2cc(-c3cc(-c4ncc(Cl)cn4)no3)ccc2F)C[S@]1(=N)=O. The van der Waals surface area contributed by atoms with E-state index in [0.29, 0.717) is 27.9 Å². The molecule has 1 aliphatic rings. The van der Waals surface area contributed by atoms with Gasteiger partial charge in [-0.1, -0.05) is 16.8 Å². The molecule has 0 fully saturated rings. The summed E-state index contributed by atoms with van der Waals surface area (Å²) in [5.74, 6) is 0.0490. The van der Waals surface area contributed by atoms with Crippen LogP contribution in [0, 0.1) is 10.6 Å². The third kappa shape index (κ3) is 3.59. The number of rotatable bonds is 3. The molecule has 0 bridgehead atoms. The number of amidine groups is 1. The lowest BCUT2D eigenvalue weighted by molar-refractivity contribution is 0.434. The summed E-state index contributed by atoms with van der Waals surface area (Å²) in [5.41, 5.74) is 5.88. The Kier molecular flexibility index (Phi) is 4.90. The standard InChI is InChI=1S/C20H20ClFN6O2S/c1-19(2)18(23)27-20(3,10-31(19,24)29)13-6-11(4-5-14(13)22)16-7-15(28-30-16)17-25-8-12(21)9-26-17/h4-9,24H,10H2,1-3H3,(H2,23,27)/t20-,31-/m0/s1. The molecule has 0 spiro atoms. The van der Waals surface area contributed by atoms with Crippen molar-refractivity contribution in [2.45, 2.75) is 31.1 Å². The highest BCUT2D eigenvalue weighted by Crippen LogP contribution is 2.39. The van der Waals surface area contributed by atoms with E-state index < -0.39 is 25.8 Å². The molecule has 162 valence electrons. The second kappa shape index (κ2) is 7.10. The van der Waals surface area contributed by atoms with Gasteiger partial charge in [-0.25, -0.2) is 18.6 Å². The molecule has 0 amide bonds. The summed E-state index contributed by atoms with van der Waals surface area (Å²) in [5, 5.41) is 4.36. The molecule has 4 rings (SSSR count). The van der Waals surface area contributed by atoms with Gasteiger partial charge < -0.3 is 10.3 Å². The summed E-state index contributed by atoms with van der Waals surface area (Å²) < 4.78 is 40.6. The van der Waals surface area contributed by atoms with E-state index >= 15 is 0 Å². The van der Waals surface area contributed by atoms with Gasteiger partial charge in [-0.3, -0.25) is 9.77 Å². The van der Waals surface area contributed by atoms with E-state index in [-0.39, 0.29) is 17.2 Å². The Morgan fingerprint density at radius 3 is 2.55 bits per heavy atom. The summed E-state index contributed by atoms with van der Waals surface area (Å²) >= 11 is 5.81. The fraction of sp³-hybridized carbons (Fsp3) is 0.300. The van der Waals surface area contributed by atoms with Crippen molar-refractivity contribution >= 4 is 27.2 Å². The average molecular weight is 463 g/mol. The summed E-state index contributed by atoms with van der Waals surface area (Å²) in [4.78, 5) is 12.7. The van der Waals surface area contributed by atoms with Gasteiger partial charge in [-0.05, 0) is 39.0 Å². The Hall–Kier alpha value is -2.85. The molecular formula is C20H20ClFN6O2S. The predicted octanol–water partition coefficient (Wildman–Crippen LogP) is 4.00. The van der Waals surface area contributed by atoms with Crippen molar-refractivity contribution in [2.75, 3.05) is 5.75 Å². The van der Waals surface area contributed by atoms with Gasteiger partial charge in [0, 0.05) is 29.6 Å². The molecule has 2 atom stereocenters. The summed E-state index contributed by atoms with van der Waals surface area (Å²) in [6.45, 7) is 4.85. The fourth-order valence-corrected chi connectivity index (χ4v) is 5.22. The highest BCUT2D eigenvalue weighted by atomic mass is 35.5. The van der Waals surface area contributed by atoms with Crippen LogP contribution in [0.1, 0.15) is 26.3 Å². The number of aliphatic imine (C=N–C) groups is 1. The molecule has 0 saturated carbocycles. The van der Waals surface area contributed by atoms with Crippen LogP contribution >= 0.6 is 11.6 Å². The first kappa shape index (κ1) is 21.4. The summed E-state index contributed by atoms with van der Waals surface area (Å²) in [6.07, 6.45) is 2.89. The molecule has 3 aromatic rings. The Morgan fingerprint density at radius 2 is 1.90 bits per heavy atom. The van der Waals surface area contributed by atoms with E-state index in [2.05, 4.69) is 20.1 Å². The Morgan fingerprint density at radius 1 is 1.23 bits per heavy atom. The highest BCUT2D eigenvalue weighted by molar-refractivity contribution is 7.94. The monoisotopic (exact) mass is 462 g/mol. The van der Waals surface area contributed by atoms with E-state index in [4.69, 9.17) is 26.6 Å². The van der Waals surface area contributed by atoms with Gasteiger partial charge in [-0.2, -0.15) is 0 Å². The first-order valence-corrected chi connectivity index (χ1v) is 11.4. The van der Waals surface area contributed by atoms with Crippen LogP contribution in [-0.2, 0) is 15.3 Å². The van der Waals surface area contributed by atoms with Gasteiger partial charge in [0.25, 0.3) is 0 Å². The van der Waals surface area contributed by atoms with Crippen molar-refractivity contribution in [1.29, 1.82) is 4.78 Å². The molecule has 0 aliphatic carbocycles. The molecule has 0 unspecified atom stereocenters. The maximum absolute atomic E-state index is 14.9. The van der Waals surface area contributed by atoms with Gasteiger partial charge in [0.05, 0.1) is 20.5 Å². The van der Waals surface area contributed by atoms with Crippen LogP contribution in [-0.4, -0.2) is 35.7 Å². The van der Waals surface area contributed by atoms with Gasteiger partial charge >= 0.3 is 0 Å². The molecule has 11 heteroatoms. The zero-order valence-corrected chi connectivity index (χ0v) is 18.6. The minimum Gasteiger partial charge on any atom is -0.386 e. The second-order valence-electron chi connectivity index (χ2n) is 8.10. The van der Waals surface area contributed by atoms with Crippen molar-refractivity contribution in [2.24, 2.45) is 10.7 Å². The van der Waals surface area contributed by atoms with Crippen LogP contribution in [0.15, 0.2) is 46.2 Å². The maximum atomic E-state index is 14.9. The molecule has 1 aromatic carbocycles. The Balaban J connectivity index is 1.77. The van der Waals surface area contributed by atoms with E-state index in [1.807, 2.05) is 0 Å². The van der Waals surface area contributed by atoms with Crippen molar-refractivity contribution in [3.05, 3.63) is 53.1 Å². The molecule has 3 N–H and O–H groups in total. The first-order chi connectivity index (χ1) is 14.4. The number of nitrogens with zero attached hydrogens (tertiary/aromatic N) is 4. The molecule has 8 nitrogen and oxygen atoms in total. The van der Waals surface area contributed by atoms with Gasteiger partial charge in [0.15, 0.2) is 17.3 Å². The van der Waals surface area contributed by atoms with Crippen LogP contribution in [0.2, 0.25) is 5.02 Å². The van der Waals surface area contributed by atoms with E-state index in [1.165, 1.54) is 24.5 Å². The zero-order chi connectivity index (χ0) is 22.6. The minimum absolute atomic E-state index is 0.0629. The molecule has 3 heterocycles. The molecular weight excluding hydrogens is 443 g/mol. The molecule has 0 saturated heterocycles. The lowest BCUT2D eigenvalue weighted by atomic mass is 9.91. The van der Waals surface area contributed by atoms with Crippen molar-refractivity contribution in [3.8, 4) is 22.8 Å². The average Bonchev–Trinajstić information content (AvgIpc) is 3.17. The van der Waals surface area contributed by atoms with Gasteiger partial charge in [-0.15, -0.1) is 0 Å². The van der Waals surface area contributed by atoms with E-state index in [1.54, 1.807) is 32.9 Å². The third-order valence-corrected chi connectivity index (χ3v) is 8.51. The molecule has 0 radical (unpaired) electrons. The van der Waals surface area contributed by atoms with Gasteiger partial charge in [0.1, 0.15) is 21.9 Å². The topological polar surface area (TPSA) is 131 Å². The highest BCUT2D eigenvalue weighted by Gasteiger charge is 2.47. The van der Waals surface area contributed by atoms with Crippen LogP contribution in [0.5, 0.6) is 0 Å². The Bertz CT molecular complexity index is 1300. The quantitative estimate of drug-likeness (QED) is 0.604. The smallest absolute Gasteiger partial charge is 0.181 e. The van der Waals surface area contributed by atoms with Crippen LogP contribution in [0.3, 0.4) is 0 Å². The van der Waals surface area contributed by atoms with Crippen molar-refractivity contribution < 1.29 is 13.1 Å². The largest absolute Gasteiger partial charge is 0.386 e. The lowest BCUT2D eigenvalue weighted by Gasteiger charge is -2.39. The van der Waals surface area contributed by atoms with Crippen LogP contribution in [0.25, 0.3) is 22.8 Å². The fourth-order valence-electron chi connectivity index (χ4n) is 3.37. The van der Waals surface area contributed by atoms with Crippen LogP contribution < -0.4 is 5.73 Å². The predicted molar refractivity (Wildman–Crippen MR) is 117 cm³/mol. The van der Waals surface area contributed by atoms with Crippen molar-refractivity contribution in [3.63, 3.8) is 0 Å². The normalized spacial score (nSPS) is 25.3. The van der Waals surface area contributed by atoms with Crippen LogP contribution in [0.4, 0.5) is 4.39 Å². The number of benzene rings is 1. The zero-order valence-electron chi connectivity index (χ0n) is 17.0. The summed E-state index contributed by atoms with van der Waals surface area (Å²) in [6, 6.07) is 5.98. The summed E-state index contributed by atoms with van der Waals surface area (Å²) in [7, 11) is -3.18. The van der Waals surface area contributed by atoms with E-state index in [9.17, 15) is 8.60 Å². The minimum atomic E-state index is -3.18. The number of nitrogens with one attached hydrogen (secondary N) is 1. The molecule has 2 aromatic heterocycles. The maximum Gasteiger partial charge on any atom is 0.181 e. The number of hydrogen-bond acceptors (Lipinski definition) is 8. The lowest BCUT2D eigenvalue weighted by Crippen LogP contribution is -2.54. The number of aromatic nitrogens is 3. The first-order valence-electron chi connectivity index (χ1n) is 9.30. The number of nitrogens with two attached hydrogens (primary N) is 1. The third-order valence-electron chi connectivity index (χ3n) is 5.48. The number of hydrogen-bond donors (Lipinski definition) is 2. The van der Waals surface area contributed by atoms with Crippen molar-refractivity contribution in [1.82, 2.24) is 15.1 Å². The van der Waals surface area contributed by atoms with E-state index in [0.717, 1.165) is 0 Å². The Labute approximate surface area is 183 Å². The number of halogens is 2. The van der Waals surface area contributed by atoms with Gasteiger partial charge in [0.2, 0.25) is 0 Å². The molecule has 1 aliphatic heterocycles. The molecule has 31 heavy (non-hydrogen) atoms.